The van der Waals surface area contributed by atoms with Gasteiger partial charge in [0.2, 0.25) is 5.91 Å². The van der Waals surface area contributed by atoms with Crippen LogP contribution in [-0.2, 0) is 22.4 Å². The van der Waals surface area contributed by atoms with Crippen molar-refractivity contribution in [3.8, 4) is 5.75 Å². The van der Waals surface area contributed by atoms with Gasteiger partial charge in [0.25, 0.3) is 0 Å². The fraction of sp³-hybridized carbons (Fsp3) is 0.417. The summed E-state index contributed by atoms with van der Waals surface area (Å²) in [6.45, 7) is 3.92. The summed E-state index contributed by atoms with van der Waals surface area (Å²) in [5.41, 5.74) is 8.98. The Labute approximate surface area is 201 Å². The molecule has 10 heteroatoms. The SMILES string of the molecule is COc1cc(N)c(C=N)cc1Nc1ncnc2sc3c(c12)CC[C@H](C(=O)N1CCOC[C@@H]1C)C3. The van der Waals surface area contributed by atoms with E-state index < -0.39 is 0 Å². The highest BCUT2D eigenvalue weighted by atomic mass is 32.1. The fourth-order valence-electron chi connectivity index (χ4n) is 4.84. The zero-order chi connectivity index (χ0) is 23.8. The van der Waals surface area contributed by atoms with Gasteiger partial charge in [-0.05, 0) is 37.8 Å². The van der Waals surface area contributed by atoms with Gasteiger partial charge in [0.15, 0.2) is 0 Å². The highest BCUT2D eigenvalue weighted by Gasteiger charge is 2.34. The van der Waals surface area contributed by atoms with E-state index in [0.29, 0.717) is 48.3 Å². The molecule has 5 rings (SSSR count). The first-order valence-electron chi connectivity index (χ1n) is 11.4. The Kier molecular flexibility index (Phi) is 6.09. The summed E-state index contributed by atoms with van der Waals surface area (Å²) in [5.74, 6) is 1.48. The van der Waals surface area contributed by atoms with E-state index in [-0.39, 0.29) is 17.9 Å². The second kappa shape index (κ2) is 9.19. The topological polar surface area (TPSA) is 126 Å². The van der Waals surface area contributed by atoms with Gasteiger partial charge >= 0.3 is 0 Å². The van der Waals surface area contributed by atoms with Crippen LogP contribution in [0.2, 0.25) is 0 Å². The van der Waals surface area contributed by atoms with Gasteiger partial charge in [-0.15, -0.1) is 11.3 Å². The summed E-state index contributed by atoms with van der Waals surface area (Å²) in [6.07, 6.45) is 5.10. The number of carbonyl (C=O) groups excluding carboxylic acids is 1. The predicted octanol–water partition coefficient (Wildman–Crippen LogP) is 3.38. The molecule has 4 N–H and O–H groups in total. The van der Waals surface area contributed by atoms with Crippen LogP contribution in [0.15, 0.2) is 18.5 Å². The third kappa shape index (κ3) is 3.97. The molecular weight excluding hydrogens is 452 g/mol. The third-order valence-electron chi connectivity index (χ3n) is 6.66. The Bertz CT molecular complexity index is 1260. The number of nitrogens with two attached hydrogens (primary N) is 1. The number of ether oxygens (including phenoxy) is 2. The number of carbonyl (C=O) groups is 1. The van der Waals surface area contributed by atoms with Crippen molar-refractivity contribution < 1.29 is 14.3 Å². The molecule has 1 amide bonds. The minimum absolute atomic E-state index is 0.0159. The molecule has 0 spiro atoms. The van der Waals surface area contributed by atoms with Crippen molar-refractivity contribution in [2.45, 2.75) is 32.2 Å². The van der Waals surface area contributed by atoms with Crippen LogP contribution in [-0.4, -0.2) is 59.9 Å². The van der Waals surface area contributed by atoms with Crippen LogP contribution < -0.4 is 15.8 Å². The third-order valence-corrected chi connectivity index (χ3v) is 7.82. The van der Waals surface area contributed by atoms with Crippen molar-refractivity contribution in [3.63, 3.8) is 0 Å². The van der Waals surface area contributed by atoms with Crippen molar-refractivity contribution in [2.75, 3.05) is 37.9 Å². The Morgan fingerprint density at radius 1 is 1.41 bits per heavy atom. The van der Waals surface area contributed by atoms with E-state index in [0.717, 1.165) is 29.5 Å². The number of nitrogens with one attached hydrogen (secondary N) is 2. The number of methoxy groups -OCH3 is 1. The first-order chi connectivity index (χ1) is 16.5. The van der Waals surface area contributed by atoms with Crippen LogP contribution in [0.4, 0.5) is 17.2 Å². The molecule has 0 saturated carbocycles. The number of morpholine rings is 1. The van der Waals surface area contributed by atoms with Gasteiger partial charge in [-0.3, -0.25) is 4.79 Å². The maximum absolute atomic E-state index is 13.2. The van der Waals surface area contributed by atoms with Crippen LogP contribution in [0.25, 0.3) is 10.2 Å². The highest BCUT2D eigenvalue weighted by molar-refractivity contribution is 7.19. The molecule has 3 heterocycles. The number of nitrogen functional groups attached to an aromatic ring is 1. The summed E-state index contributed by atoms with van der Waals surface area (Å²) in [4.78, 5) is 26.4. The average Bonchev–Trinajstić information content (AvgIpc) is 3.23. The summed E-state index contributed by atoms with van der Waals surface area (Å²) in [7, 11) is 1.58. The van der Waals surface area contributed by atoms with Gasteiger partial charge in [0.1, 0.15) is 22.7 Å². The molecule has 0 bridgehead atoms. The summed E-state index contributed by atoms with van der Waals surface area (Å²) in [6, 6.07) is 3.60. The molecule has 3 aromatic rings. The van der Waals surface area contributed by atoms with E-state index in [2.05, 4.69) is 15.3 Å². The van der Waals surface area contributed by atoms with Crippen LogP contribution in [0.5, 0.6) is 5.75 Å². The summed E-state index contributed by atoms with van der Waals surface area (Å²) in [5, 5.41) is 12.0. The number of rotatable bonds is 5. The second-order valence-electron chi connectivity index (χ2n) is 8.75. The van der Waals surface area contributed by atoms with E-state index in [1.165, 1.54) is 16.7 Å². The van der Waals surface area contributed by atoms with E-state index in [1.54, 1.807) is 36.9 Å². The minimum Gasteiger partial charge on any atom is -0.494 e. The van der Waals surface area contributed by atoms with Gasteiger partial charge in [-0.1, -0.05) is 0 Å². The number of benzene rings is 1. The molecule has 1 aliphatic heterocycles. The van der Waals surface area contributed by atoms with Crippen LogP contribution in [0.1, 0.15) is 29.3 Å². The largest absolute Gasteiger partial charge is 0.494 e. The zero-order valence-electron chi connectivity index (χ0n) is 19.3. The summed E-state index contributed by atoms with van der Waals surface area (Å²) >= 11 is 1.64. The normalized spacial score (nSPS) is 20.1. The minimum atomic E-state index is -0.0159. The van der Waals surface area contributed by atoms with Crippen molar-refractivity contribution in [1.29, 1.82) is 5.41 Å². The molecule has 178 valence electrons. The molecule has 1 fully saturated rings. The van der Waals surface area contributed by atoms with Gasteiger partial charge in [0.05, 0.1) is 37.4 Å². The van der Waals surface area contributed by atoms with Gasteiger partial charge in [-0.2, -0.15) is 0 Å². The Morgan fingerprint density at radius 3 is 3.03 bits per heavy atom. The van der Waals surface area contributed by atoms with Crippen molar-refractivity contribution >= 4 is 50.9 Å². The molecule has 0 unspecified atom stereocenters. The Morgan fingerprint density at radius 2 is 2.26 bits per heavy atom. The molecule has 1 aliphatic carbocycles. The molecule has 0 radical (unpaired) electrons. The molecule has 2 aromatic heterocycles. The number of hydrogen-bond acceptors (Lipinski definition) is 9. The van der Waals surface area contributed by atoms with Gasteiger partial charge in [-0.25, -0.2) is 9.97 Å². The zero-order valence-corrected chi connectivity index (χ0v) is 20.1. The fourth-order valence-corrected chi connectivity index (χ4v) is 6.10. The lowest BCUT2D eigenvalue weighted by Crippen LogP contribution is -2.50. The number of aromatic nitrogens is 2. The maximum atomic E-state index is 13.2. The monoisotopic (exact) mass is 480 g/mol. The molecular formula is C24H28N6O3S. The molecule has 1 saturated heterocycles. The van der Waals surface area contributed by atoms with Crippen molar-refractivity contribution in [2.24, 2.45) is 5.92 Å². The quantitative estimate of drug-likeness (QED) is 0.377. The molecule has 1 aromatic carbocycles. The number of nitrogens with zero attached hydrogens (tertiary/aromatic N) is 3. The van der Waals surface area contributed by atoms with Gasteiger partial charge < -0.3 is 30.8 Å². The molecule has 9 nitrogen and oxygen atoms in total. The molecule has 34 heavy (non-hydrogen) atoms. The molecule has 2 atom stereocenters. The van der Waals surface area contributed by atoms with Crippen LogP contribution in [0.3, 0.4) is 0 Å². The number of aryl methyl sites for hydroxylation is 1. The Hall–Kier alpha value is -3.24. The van der Waals surface area contributed by atoms with Gasteiger partial charge in [0, 0.05) is 40.9 Å². The highest BCUT2D eigenvalue weighted by Crippen LogP contribution is 2.42. The summed E-state index contributed by atoms with van der Waals surface area (Å²) < 4.78 is 11.0. The van der Waals surface area contributed by atoms with Crippen LogP contribution in [0, 0.1) is 11.3 Å². The molecule has 2 aliphatic rings. The van der Waals surface area contributed by atoms with Crippen molar-refractivity contribution in [3.05, 3.63) is 34.5 Å². The average molecular weight is 481 g/mol. The number of hydrogen-bond donors (Lipinski definition) is 3. The first-order valence-corrected chi connectivity index (χ1v) is 12.2. The number of amides is 1. The standard InChI is InChI=1S/C24H28N6O3S/c1-13-11-33-6-5-30(13)24(31)14-3-4-16-20(8-14)34-23-21(16)22(27-12-28-23)29-18-7-15(10-25)17(26)9-19(18)32-2/h7,9-10,12-14,25H,3-6,8,11,26H2,1-2H3,(H,27,28,29)/t13-,14-/m0/s1. The Balaban J connectivity index is 1.46. The van der Waals surface area contributed by atoms with E-state index in [4.69, 9.17) is 20.6 Å². The lowest BCUT2D eigenvalue weighted by atomic mass is 9.86. The lowest BCUT2D eigenvalue weighted by Gasteiger charge is -2.36. The number of anilines is 3. The van der Waals surface area contributed by atoms with E-state index >= 15 is 0 Å². The second-order valence-corrected chi connectivity index (χ2v) is 9.84. The maximum Gasteiger partial charge on any atom is 0.226 e. The predicted molar refractivity (Wildman–Crippen MR) is 133 cm³/mol. The first kappa shape index (κ1) is 22.5. The van der Waals surface area contributed by atoms with E-state index in [1.807, 2.05) is 11.8 Å². The smallest absolute Gasteiger partial charge is 0.226 e. The van der Waals surface area contributed by atoms with Crippen LogP contribution >= 0.6 is 11.3 Å². The number of thiophene rings is 1. The number of fused-ring (bicyclic) bond motifs is 3. The lowest BCUT2D eigenvalue weighted by molar-refractivity contribution is -0.143. The van der Waals surface area contributed by atoms with Crippen molar-refractivity contribution in [1.82, 2.24) is 14.9 Å². The van der Waals surface area contributed by atoms with E-state index in [9.17, 15) is 4.79 Å².